The molecule has 0 N–H and O–H groups in total. The smallest absolute Gasteiger partial charge is 0.338 e. The summed E-state index contributed by atoms with van der Waals surface area (Å²) in [5.41, 5.74) is 3.05. The summed E-state index contributed by atoms with van der Waals surface area (Å²) in [5.74, 6) is -0.989. The predicted octanol–water partition coefficient (Wildman–Crippen LogP) is 3.39. The molecule has 0 radical (unpaired) electrons. The molecule has 31 heavy (non-hydrogen) atoms. The number of nitrogens with zero attached hydrogens (tertiary/aromatic N) is 3. The van der Waals surface area contributed by atoms with E-state index < -0.39 is 17.8 Å². The lowest BCUT2D eigenvalue weighted by Gasteiger charge is -2.11. The third-order valence-corrected chi connectivity index (χ3v) is 5.18. The van der Waals surface area contributed by atoms with E-state index in [-0.39, 0.29) is 29.8 Å². The fourth-order valence-electron chi connectivity index (χ4n) is 3.62. The van der Waals surface area contributed by atoms with Crippen molar-refractivity contribution in [3.05, 3.63) is 94.8 Å². The highest BCUT2D eigenvalue weighted by Crippen LogP contribution is 2.26. The maximum absolute atomic E-state index is 12.7. The zero-order chi connectivity index (χ0) is 21.5. The minimum atomic E-state index is -0.596. The van der Waals surface area contributed by atoms with Crippen molar-refractivity contribution in [2.75, 3.05) is 0 Å². The minimum absolute atomic E-state index is 0.00542. The average Bonchev–Trinajstić information content (AvgIpc) is 3.49. The number of ether oxygens (including phenoxy) is 1. The number of carbonyl (C=O) groups excluding carboxylic acids is 3. The summed E-state index contributed by atoms with van der Waals surface area (Å²) in [6.45, 7) is 1.98. The van der Waals surface area contributed by atoms with Crippen LogP contribution in [0.4, 0.5) is 0 Å². The maximum Gasteiger partial charge on any atom is 0.338 e. The van der Waals surface area contributed by atoms with Gasteiger partial charge < -0.3 is 13.6 Å². The largest absolute Gasteiger partial charge is 0.467 e. The maximum atomic E-state index is 12.7. The van der Waals surface area contributed by atoms with Crippen molar-refractivity contribution in [3.8, 4) is 0 Å². The molecule has 1 aromatic carbocycles. The van der Waals surface area contributed by atoms with Crippen LogP contribution >= 0.6 is 0 Å². The highest BCUT2D eigenvalue weighted by atomic mass is 16.5. The highest BCUT2D eigenvalue weighted by Gasteiger charge is 2.36. The van der Waals surface area contributed by atoms with Gasteiger partial charge in [-0.15, -0.1) is 0 Å². The first-order valence-corrected chi connectivity index (χ1v) is 9.64. The number of aromatic nitrogens is 2. The lowest BCUT2D eigenvalue weighted by atomic mass is 10.1. The fourth-order valence-corrected chi connectivity index (χ4v) is 3.62. The van der Waals surface area contributed by atoms with Gasteiger partial charge in [-0.1, -0.05) is 6.07 Å². The first kappa shape index (κ1) is 18.8. The van der Waals surface area contributed by atoms with E-state index in [0.29, 0.717) is 11.5 Å². The Labute approximate surface area is 176 Å². The first-order chi connectivity index (χ1) is 15.0. The van der Waals surface area contributed by atoms with E-state index >= 15 is 0 Å². The Morgan fingerprint density at radius 2 is 1.94 bits per heavy atom. The molecule has 4 aromatic rings. The number of rotatable bonds is 5. The quantitative estimate of drug-likeness (QED) is 0.366. The number of imide groups is 1. The predicted molar refractivity (Wildman–Crippen MR) is 108 cm³/mol. The number of aryl methyl sites for hydroxylation is 1. The molecule has 0 unspecified atom stereocenters. The normalized spacial score (nSPS) is 13.1. The molecule has 0 saturated heterocycles. The highest BCUT2D eigenvalue weighted by molar-refractivity contribution is 6.21. The van der Waals surface area contributed by atoms with Gasteiger partial charge >= 0.3 is 5.97 Å². The van der Waals surface area contributed by atoms with Crippen molar-refractivity contribution in [3.63, 3.8) is 0 Å². The van der Waals surface area contributed by atoms with E-state index in [1.54, 1.807) is 18.3 Å². The summed E-state index contributed by atoms with van der Waals surface area (Å²) >= 11 is 0. The molecule has 0 spiro atoms. The third-order valence-electron chi connectivity index (χ3n) is 5.18. The topological polar surface area (TPSA) is 94.1 Å². The first-order valence-electron chi connectivity index (χ1n) is 9.64. The number of imidazole rings is 1. The number of furan rings is 1. The lowest BCUT2D eigenvalue weighted by molar-refractivity contribution is 0.0468. The van der Waals surface area contributed by atoms with Crippen LogP contribution in [0.5, 0.6) is 0 Å². The summed E-state index contributed by atoms with van der Waals surface area (Å²) in [7, 11) is 0. The van der Waals surface area contributed by atoms with Crippen molar-refractivity contribution < 1.29 is 23.5 Å². The molecule has 0 aliphatic carbocycles. The standard InChI is InChI=1S/C23H17N3O5/c1-14-4-2-8-25-11-16(24-20(14)25)13-31-23(29)15-6-7-18-19(10-15)22(28)26(21(18)27)12-17-5-3-9-30-17/h2-11H,12-13H2,1H3. The Bertz CT molecular complexity index is 1340. The van der Waals surface area contributed by atoms with E-state index in [4.69, 9.17) is 9.15 Å². The molecular formula is C23H17N3O5. The molecule has 0 atom stereocenters. The molecule has 8 heteroatoms. The van der Waals surface area contributed by atoms with Crippen LogP contribution < -0.4 is 0 Å². The number of hydrogen-bond donors (Lipinski definition) is 0. The molecular weight excluding hydrogens is 398 g/mol. The van der Waals surface area contributed by atoms with Crippen molar-refractivity contribution in [2.45, 2.75) is 20.1 Å². The van der Waals surface area contributed by atoms with Gasteiger partial charge in [-0.05, 0) is 48.9 Å². The lowest BCUT2D eigenvalue weighted by Crippen LogP contribution is -2.28. The number of pyridine rings is 1. The van der Waals surface area contributed by atoms with Crippen LogP contribution in [0.25, 0.3) is 5.65 Å². The van der Waals surface area contributed by atoms with Crippen LogP contribution in [0, 0.1) is 6.92 Å². The number of carbonyl (C=O) groups is 3. The summed E-state index contributed by atoms with van der Waals surface area (Å²) in [5, 5.41) is 0. The molecule has 1 aliphatic heterocycles. The van der Waals surface area contributed by atoms with Crippen LogP contribution in [0.1, 0.15) is 48.1 Å². The Kier molecular flexibility index (Phi) is 4.39. The van der Waals surface area contributed by atoms with Crippen molar-refractivity contribution in [2.24, 2.45) is 0 Å². The Balaban J connectivity index is 1.32. The molecule has 8 nitrogen and oxygen atoms in total. The van der Waals surface area contributed by atoms with Gasteiger partial charge in [0.2, 0.25) is 0 Å². The Morgan fingerprint density at radius 1 is 1.10 bits per heavy atom. The number of fused-ring (bicyclic) bond motifs is 2. The van der Waals surface area contributed by atoms with Gasteiger partial charge in [-0.3, -0.25) is 14.5 Å². The van der Waals surface area contributed by atoms with E-state index in [2.05, 4.69) is 4.98 Å². The van der Waals surface area contributed by atoms with E-state index in [0.717, 1.165) is 16.1 Å². The molecule has 2 amide bonds. The van der Waals surface area contributed by atoms with Gasteiger partial charge in [0.15, 0.2) is 0 Å². The van der Waals surface area contributed by atoms with Gasteiger partial charge in [0, 0.05) is 12.4 Å². The molecule has 4 heterocycles. The molecule has 0 fully saturated rings. The molecule has 154 valence electrons. The zero-order valence-corrected chi connectivity index (χ0v) is 16.6. The molecule has 0 saturated carbocycles. The monoisotopic (exact) mass is 415 g/mol. The fraction of sp³-hybridized carbons (Fsp3) is 0.130. The molecule has 5 rings (SSSR count). The van der Waals surface area contributed by atoms with E-state index in [1.165, 1.54) is 24.5 Å². The molecule has 1 aliphatic rings. The van der Waals surface area contributed by atoms with Crippen molar-refractivity contribution >= 4 is 23.4 Å². The minimum Gasteiger partial charge on any atom is -0.467 e. The van der Waals surface area contributed by atoms with Crippen LogP contribution in [0.15, 0.2) is 65.5 Å². The number of amides is 2. The number of esters is 1. The zero-order valence-electron chi connectivity index (χ0n) is 16.6. The summed E-state index contributed by atoms with van der Waals surface area (Å²) < 4.78 is 12.5. The SMILES string of the molecule is Cc1cccn2cc(COC(=O)c3ccc4c(c3)C(=O)N(Cc3ccco3)C4=O)nc12. The Hall–Kier alpha value is -4.20. The van der Waals surface area contributed by atoms with Crippen molar-refractivity contribution in [1.82, 2.24) is 14.3 Å². The van der Waals surface area contributed by atoms with Gasteiger partial charge in [-0.2, -0.15) is 0 Å². The average molecular weight is 415 g/mol. The van der Waals surface area contributed by atoms with Crippen LogP contribution in [-0.2, 0) is 17.9 Å². The summed E-state index contributed by atoms with van der Waals surface area (Å²) in [6, 6.07) is 11.6. The van der Waals surface area contributed by atoms with E-state index in [9.17, 15) is 14.4 Å². The third kappa shape index (κ3) is 3.28. The van der Waals surface area contributed by atoms with Gasteiger partial charge in [-0.25, -0.2) is 9.78 Å². The van der Waals surface area contributed by atoms with Gasteiger partial charge in [0.1, 0.15) is 18.0 Å². The molecule has 0 bridgehead atoms. The van der Waals surface area contributed by atoms with Gasteiger partial charge in [0.25, 0.3) is 11.8 Å². The van der Waals surface area contributed by atoms with Crippen LogP contribution in [0.2, 0.25) is 0 Å². The summed E-state index contributed by atoms with van der Waals surface area (Å²) in [6.07, 6.45) is 5.15. The second-order valence-electron chi connectivity index (χ2n) is 7.27. The second kappa shape index (κ2) is 7.24. The van der Waals surface area contributed by atoms with E-state index in [1.807, 2.05) is 29.7 Å². The van der Waals surface area contributed by atoms with Crippen molar-refractivity contribution in [1.29, 1.82) is 0 Å². The molecule has 3 aromatic heterocycles. The number of hydrogen-bond acceptors (Lipinski definition) is 6. The van der Waals surface area contributed by atoms with Crippen LogP contribution in [-0.4, -0.2) is 32.1 Å². The van der Waals surface area contributed by atoms with Gasteiger partial charge in [0.05, 0.1) is 35.2 Å². The number of benzene rings is 1. The summed E-state index contributed by atoms with van der Waals surface area (Å²) in [4.78, 5) is 43.4. The van der Waals surface area contributed by atoms with Crippen LogP contribution in [0.3, 0.4) is 0 Å². The second-order valence-corrected chi connectivity index (χ2v) is 7.27. The Morgan fingerprint density at radius 3 is 2.71 bits per heavy atom.